The Kier molecular flexibility index (Phi) is 4.54. The van der Waals surface area contributed by atoms with Crippen molar-refractivity contribution in [2.24, 2.45) is 5.92 Å². The lowest BCUT2D eigenvalue weighted by Crippen LogP contribution is -2.35. The van der Waals surface area contributed by atoms with Gasteiger partial charge in [-0.3, -0.25) is 4.79 Å². The van der Waals surface area contributed by atoms with Gasteiger partial charge in [-0.1, -0.05) is 38.1 Å². The molecule has 1 heterocycles. The largest absolute Gasteiger partial charge is 0.303 e. The van der Waals surface area contributed by atoms with E-state index in [1.807, 2.05) is 12.1 Å². The van der Waals surface area contributed by atoms with E-state index in [1.54, 1.807) is 0 Å². The van der Waals surface area contributed by atoms with Crippen LogP contribution < -0.4 is 0 Å². The van der Waals surface area contributed by atoms with Gasteiger partial charge in [0.15, 0.2) is 0 Å². The van der Waals surface area contributed by atoms with Crippen LogP contribution in [0.5, 0.6) is 0 Å². The second-order valence-corrected chi connectivity index (χ2v) is 5.75. The lowest BCUT2D eigenvalue weighted by atomic mass is 9.89. The molecular weight excluding hydrogens is 222 g/mol. The van der Waals surface area contributed by atoms with Crippen LogP contribution in [0, 0.1) is 5.92 Å². The Hall–Kier alpha value is -1.15. The summed E-state index contributed by atoms with van der Waals surface area (Å²) in [5, 5.41) is 0. The molecule has 0 saturated carbocycles. The van der Waals surface area contributed by atoms with Crippen molar-refractivity contribution in [2.45, 2.75) is 32.6 Å². The van der Waals surface area contributed by atoms with Crippen molar-refractivity contribution in [1.82, 2.24) is 4.90 Å². The van der Waals surface area contributed by atoms with Gasteiger partial charge in [-0.2, -0.15) is 0 Å². The van der Waals surface area contributed by atoms with Crippen LogP contribution >= 0.6 is 0 Å². The number of benzene rings is 1. The van der Waals surface area contributed by atoms with E-state index in [0.717, 1.165) is 17.8 Å². The van der Waals surface area contributed by atoms with Gasteiger partial charge in [0, 0.05) is 12.1 Å². The predicted molar refractivity (Wildman–Crippen MR) is 75.1 cm³/mol. The zero-order valence-electron chi connectivity index (χ0n) is 11.4. The zero-order valence-corrected chi connectivity index (χ0v) is 11.4. The fraction of sp³-hybridized carbons (Fsp3) is 0.562. The molecule has 1 aliphatic rings. The molecule has 18 heavy (non-hydrogen) atoms. The van der Waals surface area contributed by atoms with Gasteiger partial charge in [0.25, 0.3) is 0 Å². The molecule has 0 spiro atoms. The molecule has 1 saturated heterocycles. The fourth-order valence-electron chi connectivity index (χ4n) is 2.81. The van der Waals surface area contributed by atoms with Gasteiger partial charge >= 0.3 is 0 Å². The van der Waals surface area contributed by atoms with E-state index in [4.69, 9.17) is 0 Å². The van der Waals surface area contributed by atoms with E-state index < -0.39 is 0 Å². The number of carbonyl (C=O) groups excluding carboxylic acids is 1. The maximum absolute atomic E-state index is 10.6. The highest BCUT2D eigenvalue weighted by atomic mass is 16.1. The Bertz CT molecular complexity index is 375. The molecule has 0 N–H and O–H groups in total. The van der Waals surface area contributed by atoms with Gasteiger partial charge in [-0.15, -0.1) is 0 Å². The average Bonchev–Trinajstić information content (AvgIpc) is 2.39. The molecule has 0 unspecified atom stereocenters. The maximum Gasteiger partial charge on any atom is 0.150 e. The molecule has 0 aromatic heterocycles. The summed E-state index contributed by atoms with van der Waals surface area (Å²) in [4.78, 5) is 13.2. The number of rotatable bonds is 4. The highest BCUT2D eigenvalue weighted by molar-refractivity contribution is 5.74. The van der Waals surface area contributed by atoms with Crippen molar-refractivity contribution in [3.63, 3.8) is 0 Å². The first-order chi connectivity index (χ1) is 8.69. The van der Waals surface area contributed by atoms with E-state index >= 15 is 0 Å². The first-order valence-electron chi connectivity index (χ1n) is 6.96. The second kappa shape index (κ2) is 6.14. The molecule has 0 amide bonds. The highest BCUT2D eigenvalue weighted by Crippen LogP contribution is 2.28. The average molecular weight is 245 g/mol. The summed E-state index contributed by atoms with van der Waals surface area (Å²) in [6.07, 6.45) is 3.40. The normalized spacial score (nSPS) is 18.2. The van der Waals surface area contributed by atoms with E-state index in [9.17, 15) is 4.79 Å². The molecule has 1 aliphatic heterocycles. The minimum Gasteiger partial charge on any atom is -0.303 e. The van der Waals surface area contributed by atoms with Crippen molar-refractivity contribution in [1.29, 1.82) is 0 Å². The van der Waals surface area contributed by atoms with Crippen molar-refractivity contribution in [2.75, 3.05) is 19.6 Å². The lowest BCUT2D eigenvalue weighted by Gasteiger charge is -2.33. The van der Waals surface area contributed by atoms with Crippen LogP contribution in [0.2, 0.25) is 0 Å². The smallest absolute Gasteiger partial charge is 0.150 e. The van der Waals surface area contributed by atoms with Crippen molar-refractivity contribution >= 4 is 6.29 Å². The fourth-order valence-corrected chi connectivity index (χ4v) is 2.81. The van der Waals surface area contributed by atoms with E-state index in [0.29, 0.717) is 5.92 Å². The SMILES string of the molecule is CC(C)CN1CCC(c2ccc(C=O)cc2)CC1. The van der Waals surface area contributed by atoms with Gasteiger partial charge in [-0.05, 0) is 43.3 Å². The minimum absolute atomic E-state index is 0.675. The standard InChI is InChI=1S/C16H23NO/c1-13(2)11-17-9-7-16(8-10-17)15-5-3-14(12-18)4-6-15/h3-6,12-13,16H,7-11H2,1-2H3. The Labute approximate surface area is 110 Å². The molecule has 0 radical (unpaired) electrons. The summed E-state index contributed by atoms with van der Waals surface area (Å²) in [5.41, 5.74) is 2.17. The van der Waals surface area contributed by atoms with Crippen molar-refractivity contribution in [3.8, 4) is 0 Å². The minimum atomic E-state index is 0.675. The molecule has 0 aliphatic carbocycles. The lowest BCUT2D eigenvalue weighted by molar-refractivity contribution is 0.112. The van der Waals surface area contributed by atoms with Crippen LogP contribution in [0.25, 0.3) is 0 Å². The number of hydrogen-bond donors (Lipinski definition) is 0. The van der Waals surface area contributed by atoms with Crippen LogP contribution in [0.3, 0.4) is 0 Å². The summed E-state index contributed by atoms with van der Waals surface area (Å²) in [7, 11) is 0. The van der Waals surface area contributed by atoms with E-state index in [2.05, 4.69) is 30.9 Å². The molecule has 2 rings (SSSR count). The van der Waals surface area contributed by atoms with Crippen LogP contribution in [0.1, 0.15) is 48.5 Å². The van der Waals surface area contributed by atoms with Crippen molar-refractivity contribution < 1.29 is 4.79 Å². The number of likely N-dealkylation sites (tertiary alicyclic amines) is 1. The molecule has 2 nitrogen and oxygen atoms in total. The Morgan fingerprint density at radius 1 is 1.22 bits per heavy atom. The Balaban J connectivity index is 1.90. The van der Waals surface area contributed by atoms with Gasteiger partial charge in [0.05, 0.1) is 0 Å². The summed E-state index contributed by atoms with van der Waals surface area (Å²) >= 11 is 0. The van der Waals surface area contributed by atoms with Crippen LogP contribution in [0.4, 0.5) is 0 Å². The Morgan fingerprint density at radius 2 is 1.83 bits per heavy atom. The monoisotopic (exact) mass is 245 g/mol. The summed E-state index contributed by atoms with van der Waals surface area (Å²) in [6, 6.07) is 8.10. The van der Waals surface area contributed by atoms with Crippen LogP contribution in [-0.4, -0.2) is 30.8 Å². The van der Waals surface area contributed by atoms with Gasteiger partial charge < -0.3 is 4.90 Å². The van der Waals surface area contributed by atoms with Gasteiger partial charge in [0.1, 0.15) is 6.29 Å². The van der Waals surface area contributed by atoms with Gasteiger partial charge in [-0.25, -0.2) is 0 Å². The molecule has 98 valence electrons. The summed E-state index contributed by atoms with van der Waals surface area (Å²) in [6.45, 7) is 8.20. The molecule has 0 bridgehead atoms. The second-order valence-electron chi connectivity index (χ2n) is 5.75. The van der Waals surface area contributed by atoms with Crippen LogP contribution in [0.15, 0.2) is 24.3 Å². The number of piperidine rings is 1. The third kappa shape index (κ3) is 3.42. The first-order valence-corrected chi connectivity index (χ1v) is 6.96. The van der Waals surface area contributed by atoms with Crippen molar-refractivity contribution in [3.05, 3.63) is 35.4 Å². The number of aldehydes is 1. The highest BCUT2D eigenvalue weighted by Gasteiger charge is 2.20. The molecule has 1 aromatic carbocycles. The molecule has 1 aromatic rings. The number of hydrogen-bond acceptors (Lipinski definition) is 2. The molecule has 2 heteroatoms. The third-order valence-electron chi connectivity index (χ3n) is 3.75. The quantitative estimate of drug-likeness (QED) is 0.758. The zero-order chi connectivity index (χ0) is 13.0. The first kappa shape index (κ1) is 13.3. The Morgan fingerprint density at radius 3 is 2.33 bits per heavy atom. The molecule has 0 atom stereocenters. The summed E-state index contributed by atoms with van der Waals surface area (Å²) < 4.78 is 0. The maximum atomic E-state index is 10.6. The predicted octanol–water partition coefficient (Wildman–Crippen LogP) is 3.33. The van der Waals surface area contributed by atoms with E-state index in [-0.39, 0.29) is 0 Å². The summed E-state index contributed by atoms with van der Waals surface area (Å²) in [5.74, 6) is 1.43. The number of nitrogens with zero attached hydrogens (tertiary/aromatic N) is 1. The van der Waals surface area contributed by atoms with Crippen LogP contribution in [-0.2, 0) is 0 Å². The number of carbonyl (C=O) groups is 1. The van der Waals surface area contributed by atoms with Gasteiger partial charge in [0.2, 0.25) is 0 Å². The topological polar surface area (TPSA) is 20.3 Å². The molecular formula is C16H23NO. The van der Waals surface area contributed by atoms with E-state index in [1.165, 1.54) is 38.0 Å². The molecule has 1 fully saturated rings. The third-order valence-corrected chi connectivity index (χ3v) is 3.75.